The smallest absolute Gasteiger partial charge is 0.254 e. The van der Waals surface area contributed by atoms with Gasteiger partial charge in [-0.25, -0.2) is 4.98 Å². The summed E-state index contributed by atoms with van der Waals surface area (Å²) in [6.45, 7) is 0.488. The van der Waals surface area contributed by atoms with Gasteiger partial charge in [-0.1, -0.05) is 6.07 Å². The van der Waals surface area contributed by atoms with Gasteiger partial charge >= 0.3 is 0 Å². The molecule has 1 saturated heterocycles. The van der Waals surface area contributed by atoms with Gasteiger partial charge in [-0.15, -0.1) is 0 Å². The maximum atomic E-state index is 11.8. The van der Waals surface area contributed by atoms with Crippen LogP contribution >= 0.6 is 0 Å². The van der Waals surface area contributed by atoms with Gasteiger partial charge in [-0.05, 0) is 18.2 Å². The van der Waals surface area contributed by atoms with E-state index in [-0.39, 0.29) is 23.3 Å². The standard InChI is InChI=1S/C17H17N9O2/c18-15(28)13-9-20-17(24-11-7-14(27)19-8-11)25-16(13)23-10-2-1-3-12(6-10)26-21-4-5-22-26/h1-6,9,11H,7-8H2,(H2,18,28)(H,19,27)(H2,20,23,24,25)/t11-/m1/s1. The second-order valence-electron chi connectivity index (χ2n) is 6.16. The molecule has 3 aromatic rings. The molecule has 1 aliphatic heterocycles. The summed E-state index contributed by atoms with van der Waals surface area (Å²) < 4.78 is 0. The van der Waals surface area contributed by atoms with Gasteiger partial charge in [0.05, 0.1) is 24.1 Å². The van der Waals surface area contributed by atoms with Crippen molar-refractivity contribution in [3.63, 3.8) is 0 Å². The maximum absolute atomic E-state index is 11.8. The van der Waals surface area contributed by atoms with Crippen molar-refractivity contribution in [3.8, 4) is 5.69 Å². The van der Waals surface area contributed by atoms with E-state index in [1.54, 1.807) is 18.5 Å². The summed E-state index contributed by atoms with van der Waals surface area (Å²) in [6, 6.07) is 7.17. The lowest BCUT2D eigenvalue weighted by Crippen LogP contribution is -2.24. The van der Waals surface area contributed by atoms with E-state index in [0.717, 1.165) is 5.69 Å². The highest BCUT2D eigenvalue weighted by atomic mass is 16.2. The lowest BCUT2D eigenvalue weighted by molar-refractivity contribution is -0.119. The molecule has 1 fully saturated rings. The first-order valence-corrected chi connectivity index (χ1v) is 8.52. The number of anilines is 3. The molecule has 2 amide bonds. The number of nitrogens with one attached hydrogen (secondary N) is 3. The molecule has 0 saturated carbocycles. The second kappa shape index (κ2) is 7.31. The number of nitrogens with zero attached hydrogens (tertiary/aromatic N) is 5. The number of amides is 2. The van der Waals surface area contributed by atoms with Gasteiger partial charge in [-0.3, -0.25) is 9.59 Å². The Balaban J connectivity index is 1.60. The van der Waals surface area contributed by atoms with Gasteiger partial charge in [0.25, 0.3) is 5.91 Å². The molecule has 11 heteroatoms. The van der Waals surface area contributed by atoms with E-state index in [2.05, 4.69) is 36.1 Å². The van der Waals surface area contributed by atoms with Gasteiger partial charge in [0.15, 0.2) is 0 Å². The zero-order valence-corrected chi connectivity index (χ0v) is 14.7. The normalized spacial score (nSPS) is 15.9. The molecule has 142 valence electrons. The van der Waals surface area contributed by atoms with Crippen LogP contribution in [0.5, 0.6) is 0 Å². The van der Waals surface area contributed by atoms with Crippen LogP contribution in [0.1, 0.15) is 16.8 Å². The van der Waals surface area contributed by atoms with Crippen molar-refractivity contribution in [3.05, 3.63) is 48.4 Å². The Bertz CT molecular complexity index is 1020. The van der Waals surface area contributed by atoms with Crippen LogP contribution in [0.25, 0.3) is 5.69 Å². The minimum absolute atomic E-state index is 0.0337. The number of aromatic nitrogens is 5. The number of hydrogen-bond donors (Lipinski definition) is 4. The largest absolute Gasteiger partial charge is 0.365 e. The fourth-order valence-corrected chi connectivity index (χ4v) is 2.81. The maximum Gasteiger partial charge on any atom is 0.254 e. The van der Waals surface area contributed by atoms with Crippen molar-refractivity contribution >= 4 is 29.3 Å². The topological polar surface area (TPSA) is 153 Å². The minimum atomic E-state index is -0.656. The first kappa shape index (κ1) is 17.4. The van der Waals surface area contributed by atoms with E-state index in [4.69, 9.17) is 5.73 Å². The molecule has 11 nitrogen and oxygen atoms in total. The van der Waals surface area contributed by atoms with Crippen molar-refractivity contribution in [2.75, 3.05) is 17.2 Å². The highest BCUT2D eigenvalue weighted by molar-refractivity contribution is 5.98. The van der Waals surface area contributed by atoms with E-state index in [1.165, 1.54) is 11.0 Å². The summed E-state index contributed by atoms with van der Waals surface area (Å²) >= 11 is 0. The van der Waals surface area contributed by atoms with Crippen LogP contribution in [0.3, 0.4) is 0 Å². The predicted molar refractivity (Wildman–Crippen MR) is 100 cm³/mol. The molecule has 1 atom stereocenters. The first-order valence-electron chi connectivity index (χ1n) is 8.52. The minimum Gasteiger partial charge on any atom is -0.365 e. The SMILES string of the molecule is NC(=O)c1cnc(N[C@H]2CNC(=O)C2)nc1Nc1cccc(-n2nccn2)c1. The number of hydrogen-bond acceptors (Lipinski definition) is 8. The molecule has 1 aliphatic rings. The van der Waals surface area contributed by atoms with E-state index in [0.29, 0.717) is 24.6 Å². The van der Waals surface area contributed by atoms with E-state index in [1.807, 2.05) is 18.2 Å². The Kier molecular flexibility index (Phi) is 4.54. The highest BCUT2D eigenvalue weighted by Gasteiger charge is 2.22. The zero-order chi connectivity index (χ0) is 19.5. The summed E-state index contributed by atoms with van der Waals surface area (Å²) in [4.78, 5) is 33.1. The Morgan fingerprint density at radius 3 is 2.82 bits per heavy atom. The lowest BCUT2D eigenvalue weighted by Gasteiger charge is -2.14. The third-order valence-corrected chi connectivity index (χ3v) is 4.12. The zero-order valence-electron chi connectivity index (χ0n) is 14.7. The Labute approximate surface area is 159 Å². The van der Waals surface area contributed by atoms with E-state index < -0.39 is 5.91 Å². The third-order valence-electron chi connectivity index (χ3n) is 4.12. The molecule has 2 aromatic heterocycles. The molecule has 28 heavy (non-hydrogen) atoms. The molecule has 0 bridgehead atoms. The van der Waals surface area contributed by atoms with Crippen molar-refractivity contribution in [1.29, 1.82) is 0 Å². The average Bonchev–Trinajstić information content (AvgIpc) is 3.34. The van der Waals surface area contributed by atoms with Crippen LogP contribution in [0.15, 0.2) is 42.9 Å². The van der Waals surface area contributed by atoms with Crippen molar-refractivity contribution < 1.29 is 9.59 Å². The van der Waals surface area contributed by atoms with Gasteiger partial charge < -0.3 is 21.7 Å². The van der Waals surface area contributed by atoms with Gasteiger partial charge in [0.1, 0.15) is 11.4 Å². The molecule has 3 heterocycles. The Morgan fingerprint density at radius 2 is 2.11 bits per heavy atom. The Morgan fingerprint density at radius 1 is 1.29 bits per heavy atom. The van der Waals surface area contributed by atoms with Crippen molar-refractivity contribution in [2.24, 2.45) is 5.73 Å². The summed E-state index contributed by atoms with van der Waals surface area (Å²) in [5, 5.41) is 17.1. The quantitative estimate of drug-likeness (QED) is 0.474. The van der Waals surface area contributed by atoms with Crippen LogP contribution in [-0.4, -0.2) is 49.4 Å². The van der Waals surface area contributed by atoms with Gasteiger partial charge in [-0.2, -0.15) is 20.0 Å². The van der Waals surface area contributed by atoms with Crippen LogP contribution in [0, 0.1) is 0 Å². The summed E-state index contributed by atoms with van der Waals surface area (Å²) in [7, 11) is 0. The number of carbonyl (C=O) groups excluding carboxylic acids is 2. The van der Waals surface area contributed by atoms with Gasteiger partial charge in [0, 0.05) is 24.8 Å². The van der Waals surface area contributed by atoms with Crippen LogP contribution in [0.2, 0.25) is 0 Å². The number of primary amides is 1. The molecule has 0 radical (unpaired) electrons. The molecule has 0 aliphatic carbocycles. The lowest BCUT2D eigenvalue weighted by atomic mass is 10.2. The van der Waals surface area contributed by atoms with Crippen molar-refractivity contribution in [2.45, 2.75) is 12.5 Å². The molecule has 0 spiro atoms. The summed E-state index contributed by atoms with van der Waals surface area (Å²) in [5.41, 5.74) is 7.00. The second-order valence-corrected chi connectivity index (χ2v) is 6.16. The molecule has 5 N–H and O–H groups in total. The van der Waals surface area contributed by atoms with E-state index >= 15 is 0 Å². The number of benzene rings is 1. The number of rotatable bonds is 6. The Hall–Kier alpha value is -4.02. The first-order chi connectivity index (χ1) is 13.6. The van der Waals surface area contributed by atoms with Crippen LogP contribution < -0.4 is 21.7 Å². The average molecular weight is 379 g/mol. The summed E-state index contributed by atoms with van der Waals surface area (Å²) in [6.07, 6.45) is 4.85. The highest BCUT2D eigenvalue weighted by Crippen LogP contribution is 2.22. The molecule has 0 unspecified atom stereocenters. The van der Waals surface area contributed by atoms with Crippen molar-refractivity contribution in [1.82, 2.24) is 30.3 Å². The molecule has 1 aromatic carbocycles. The number of carbonyl (C=O) groups is 2. The summed E-state index contributed by atoms with van der Waals surface area (Å²) in [5.74, 6) is -0.142. The molecular formula is C17H17N9O2. The third kappa shape index (κ3) is 3.72. The van der Waals surface area contributed by atoms with Crippen LogP contribution in [-0.2, 0) is 4.79 Å². The molecule has 4 rings (SSSR count). The monoisotopic (exact) mass is 379 g/mol. The fraction of sp³-hybridized carbons (Fsp3) is 0.176. The number of nitrogens with two attached hydrogens (primary N) is 1. The molecular weight excluding hydrogens is 362 g/mol. The van der Waals surface area contributed by atoms with Gasteiger partial charge in [0.2, 0.25) is 11.9 Å². The van der Waals surface area contributed by atoms with E-state index in [9.17, 15) is 9.59 Å². The predicted octanol–water partition coefficient (Wildman–Crippen LogP) is 0.200. The van der Waals surface area contributed by atoms with Crippen LogP contribution in [0.4, 0.5) is 17.5 Å². The fourth-order valence-electron chi connectivity index (χ4n) is 2.81.